The number of nitrogens with zero attached hydrogens (tertiary/aromatic N) is 1. The lowest BCUT2D eigenvalue weighted by atomic mass is 10.1. The summed E-state index contributed by atoms with van der Waals surface area (Å²) in [6, 6.07) is 8.01. The number of anilines is 1. The van der Waals surface area contributed by atoms with Gasteiger partial charge in [0.25, 0.3) is 0 Å². The highest BCUT2D eigenvalue weighted by Crippen LogP contribution is 2.13. The Morgan fingerprint density at radius 1 is 1.53 bits per heavy atom. The molecule has 0 aliphatic carbocycles. The minimum absolute atomic E-state index is 0. The van der Waals surface area contributed by atoms with Gasteiger partial charge in [0.1, 0.15) is 0 Å². The molecule has 0 bridgehead atoms. The van der Waals surface area contributed by atoms with Crippen molar-refractivity contribution < 1.29 is 4.79 Å². The number of nitrogens with two attached hydrogens (primary N) is 1. The molecular formula is C13H19ClIN3O. The van der Waals surface area contributed by atoms with Crippen LogP contribution >= 0.6 is 35.0 Å². The van der Waals surface area contributed by atoms with Gasteiger partial charge in [-0.3, -0.25) is 9.69 Å². The van der Waals surface area contributed by atoms with Crippen molar-refractivity contribution in [2.24, 2.45) is 5.73 Å². The molecule has 0 radical (unpaired) electrons. The van der Waals surface area contributed by atoms with E-state index in [-0.39, 0.29) is 24.4 Å². The van der Waals surface area contributed by atoms with Crippen molar-refractivity contribution in [3.63, 3.8) is 0 Å². The number of likely N-dealkylation sites (tertiary alicyclic amines) is 1. The van der Waals surface area contributed by atoms with Gasteiger partial charge in [-0.15, -0.1) is 12.4 Å². The Bertz CT molecular complexity index is 430. The first-order valence-corrected chi connectivity index (χ1v) is 7.25. The maximum absolute atomic E-state index is 11.9. The number of benzene rings is 1. The van der Waals surface area contributed by atoms with Crippen LogP contribution in [-0.2, 0) is 4.79 Å². The lowest BCUT2D eigenvalue weighted by molar-refractivity contribution is -0.117. The van der Waals surface area contributed by atoms with Crippen molar-refractivity contribution >= 4 is 46.6 Å². The zero-order chi connectivity index (χ0) is 13.0. The van der Waals surface area contributed by atoms with Crippen molar-refractivity contribution in [1.82, 2.24) is 4.90 Å². The summed E-state index contributed by atoms with van der Waals surface area (Å²) in [4.78, 5) is 14.0. The van der Waals surface area contributed by atoms with Gasteiger partial charge in [0.15, 0.2) is 0 Å². The second-order valence-electron chi connectivity index (χ2n) is 4.70. The molecule has 0 spiro atoms. The average Bonchev–Trinajstić information content (AvgIpc) is 2.28. The summed E-state index contributed by atoms with van der Waals surface area (Å²) in [5, 5.41) is 2.92. The van der Waals surface area contributed by atoms with Gasteiger partial charge in [0.05, 0.1) is 6.54 Å². The van der Waals surface area contributed by atoms with E-state index in [1.807, 2.05) is 24.3 Å². The molecule has 4 nitrogen and oxygen atoms in total. The van der Waals surface area contributed by atoms with Crippen LogP contribution in [0, 0.1) is 3.57 Å². The summed E-state index contributed by atoms with van der Waals surface area (Å²) >= 11 is 2.23. The highest BCUT2D eigenvalue weighted by molar-refractivity contribution is 14.1. The van der Waals surface area contributed by atoms with Crippen LogP contribution in [0.1, 0.15) is 12.8 Å². The van der Waals surface area contributed by atoms with E-state index < -0.39 is 0 Å². The number of hydrogen-bond acceptors (Lipinski definition) is 3. The third-order valence-corrected chi connectivity index (χ3v) is 3.69. The molecule has 1 unspecified atom stereocenters. The molecule has 106 valence electrons. The summed E-state index contributed by atoms with van der Waals surface area (Å²) in [5.74, 6) is 0.0334. The highest BCUT2D eigenvalue weighted by atomic mass is 127. The first-order valence-electron chi connectivity index (χ1n) is 6.17. The van der Waals surface area contributed by atoms with E-state index in [0.29, 0.717) is 6.54 Å². The van der Waals surface area contributed by atoms with Crippen LogP contribution < -0.4 is 11.1 Å². The Morgan fingerprint density at radius 3 is 3.00 bits per heavy atom. The van der Waals surface area contributed by atoms with Gasteiger partial charge in [-0.25, -0.2) is 0 Å². The summed E-state index contributed by atoms with van der Waals surface area (Å²) in [7, 11) is 0. The van der Waals surface area contributed by atoms with E-state index in [1.165, 1.54) is 0 Å². The highest BCUT2D eigenvalue weighted by Gasteiger charge is 2.18. The van der Waals surface area contributed by atoms with Gasteiger partial charge in [0, 0.05) is 21.8 Å². The molecule has 1 atom stereocenters. The minimum atomic E-state index is 0. The maximum Gasteiger partial charge on any atom is 0.238 e. The first-order chi connectivity index (χ1) is 8.63. The molecule has 1 heterocycles. The molecule has 1 aliphatic heterocycles. The Kier molecular flexibility index (Phi) is 7.06. The summed E-state index contributed by atoms with van der Waals surface area (Å²) in [5.41, 5.74) is 6.75. The number of halogens is 2. The van der Waals surface area contributed by atoms with E-state index in [0.717, 1.165) is 35.2 Å². The fourth-order valence-electron chi connectivity index (χ4n) is 2.20. The van der Waals surface area contributed by atoms with Crippen LogP contribution in [0.4, 0.5) is 5.69 Å². The first kappa shape index (κ1) is 16.7. The van der Waals surface area contributed by atoms with Gasteiger partial charge in [-0.1, -0.05) is 6.07 Å². The molecule has 1 amide bonds. The molecule has 1 aromatic rings. The Hall–Kier alpha value is -0.370. The van der Waals surface area contributed by atoms with E-state index in [9.17, 15) is 4.79 Å². The lowest BCUT2D eigenvalue weighted by Crippen LogP contribution is -2.45. The second-order valence-corrected chi connectivity index (χ2v) is 5.94. The van der Waals surface area contributed by atoms with Gasteiger partial charge in [-0.2, -0.15) is 0 Å². The molecule has 0 saturated carbocycles. The fraction of sp³-hybridized carbons (Fsp3) is 0.462. The third-order valence-electron chi connectivity index (χ3n) is 3.02. The van der Waals surface area contributed by atoms with E-state index in [2.05, 4.69) is 32.8 Å². The molecule has 1 aromatic carbocycles. The van der Waals surface area contributed by atoms with Crippen molar-refractivity contribution in [3.05, 3.63) is 27.8 Å². The second kappa shape index (κ2) is 8.04. The summed E-state index contributed by atoms with van der Waals surface area (Å²) in [6.45, 7) is 2.21. The average molecular weight is 396 g/mol. The molecular weight excluding hydrogens is 377 g/mol. The topological polar surface area (TPSA) is 58.4 Å². The predicted octanol–water partition coefficient (Wildman–Crippen LogP) is 2.07. The summed E-state index contributed by atoms with van der Waals surface area (Å²) < 4.78 is 1.12. The van der Waals surface area contributed by atoms with Crippen LogP contribution in [0.2, 0.25) is 0 Å². The molecule has 1 fully saturated rings. The number of amides is 1. The Labute approximate surface area is 133 Å². The van der Waals surface area contributed by atoms with Gasteiger partial charge < -0.3 is 11.1 Å². The van der Waals surface area contributed by atoms with Crippen LogP contribution in [0.5, 0.6) is 0 Å². The van der Waals surface area contributed by atoms with Gasteiger partial charge in [-0.05, 0) is 60.2 Å². The molecule has 19 heavy (non-hydrogen) atoms. The molecule has 1 aliphatic rings. The zero-order valence-electron chi connectivity index (χ0n) is 10.6. The molecule has 1 saturated heterocycles. The standard InChI is InChI=1S/C13H18IN3O.ClH/c14-10-3-1-5-12(7-10)16-13(18)9-17-6-2-4-11(15)8-17;/h1,3,5,7,11H,2,4,6,8-9,15H2,(H,16,18);1H. The molecule has 2 rings (SSSR count). The largest absolute Gasteiger partial charge is 0.327 e. The van der Waals surface area contributed by atoms with Gasteiger partial charge >= 0.3 is 0 Å². The predicted molar refractivity (Wildman–Crippen MR) is 88.7 cm³/mol. The van der Waals surface area contributed by atoms with Crippen molar-refractivity contribution in [1.29, 1.82) is 0 Å². The minimum Gasteiger partial charge on any atom is -0.327 e. The number of rotatable bonds is 3. The number of hydrogen-bond donors (Lipinski definition) is 2. The summed E-state index contributed by atoms with van der Waals surface area (Å²) in [6.07, 6.45) is 2.15. The van der Waals surface area contributed by atoms with Crippen LogP contribution in [-0.4, -0.2) is 36.5 Å². The van der Waals surface area contributed by atoms with Crippen LogP contribution in [0.25, 0.3) is 0 Å². The normalized spacial score (nSPS) is 19.6. The van der Waals surface area contributed by atoms with Crippen molar-refractivity contribution in [2.45, 2.75) is 18.9 Å². The van der Waals surface area contributed by atoms with Crippen LogP contribution in [0.3, 0.4) is 0 Å². The fourth-order valence-corrected chi connectivity index (χ4v) is 2.75. The molecule has 0 aromatic heterocycles. The monoisotopic (exact) mass is 395 g/mol. The van der Waals surface area contributed by atoms with Crippen molar-refractivity contribution in [3.8, 4) is 0 Å². The Morgan fingerprint density at radius 2 is 2.32 bits per heavy atom. The third kappa shape index (κ3) is 5.64. The van der Waals surface area contributed by atoms with Crippen LogP contribution in [0.15, 0.2) is 24.3 Å². The number of nitrogens with one attached hydrogen (secondary N) is 1. The van der Waals surface area contributed by atoms with E-state index in [1.54, 1.807) is 0 Å². The number of carbonyl (C=O) groups is 1. The molecule has 6 heteroatoms. The van der Waals surface area contributed by atoms with E-state index >= 15 is 0 Å². The number of carbonyl (C=O) groups excluding carboxylic acids is 1. The number of piperidine rings is 1. The van der Waals surface area contributed by atoms with Crippen molar-refractivity contribution in [2.75, 3.05) is 25.0 Å². The smallest absolute Gasteiger partial charge is 0.238 e. The zero-order valence-corrected chi connectivity index (χ0v) is 13.6. The maximum atomic E-state index is 11.9. The lowest BCUT2D eigenvalue weighted by Gasteiger charge is -2.29. The quantitative estimate of drug-likeness (QED) is 0.771. The SMILES string of the molecule is Cl.NC1CCCN(CC(=O)Nc2cccc(I)c2)C1. The Balaban J connectivity index is 0.00000180. The van der Waals surface area contributed by atoms with E-state index in [4.69, 9.17) is 5.73 Å². The molecule has 3 N–H and O–H groups in total. The van der Waals surface area contributed by atoms with Gasteiger partial charge in [0.2, 0.25) is 5.91 Å².